The lowest BCUT2D eigenvalue weighted by atomic mass is 9.99. The molecule has 0 atom stereocenters. The molecule has 0 spiro atoms. The Bertz CT molecular complexity index is 1180. The topological polar surface area (TPSA) is 55.1 Å². The summed E-state index contributed by atoms with van der Waals surface area (Å²) in [5.74, 6) is 3.48. The van der Waals surface area contributed by atoms with Crippen molar-refractivity contribution in [2.75, 3.05) is 12.4 Å². The SMILES string of the molecule is C#Cc1cccc(-c2nn3ccc(NC)nc3c2-c2cc(C)nc(C)c2)c1. The van der Waals surface area contributed by atoms with Gasteiger partial charge in [-0.1, -0.05) is 18.1 Å². The lowest BCUT2D eigenvalue weighted by Crippen LogP contribution is -1.96. The van der Waals surface area contributed by atoms with Crippen LogP contribution >= 0.6 is 0 Å². The molecule has 3 aromatic heterocycles. The highest BCUT2D eigenvalue weighted by Gasteiger charge is 2.19. The minimum Gasteiger partial charge on any atom is -0.373 e. The smallest absolute Gasteiger partial charge is 0.165 e. The van der Waals surface area contributed by atoms with Crippen LogP contribution in [0.3, 0.4) is 0 Å². The Balaban J connectivity index is 2.07. The predicted octanol–water partition coefficient (Wildman–Crippen LogP) is 4.10. The third kappa shape index (κ3) is 3.02. The number of benzene rings is 1. The fraction of sp³-hybridized carbons (Fsp3) is 0.136. The van der Waals surface area contributed by atoms with Crippen LogP contribution in [0, 0.1) is 26.2 Å². The molecule has 0 radical (unpaired) electrons. The molecule has 0 aliphatic heterocycles. The van der Waals surface area contributed by atoms with Crippen molar-refractivity contribution in [3.05, 3.63) is 65.6 Å². The monoisotopic (exact) mass is 353 g/mol. The van der Waals surface area contributed by atoms with Gasteiger partial charge in [0.05, 0.1) is 5.56 Å². The Morgan fingerprint density at radius 3 is 2.48 bits per heavy atom. The molecule has 0 saturated heterocycles. The molecule has 1 N–H and O–H groups in total. The van der Waals surface area contributed by atoms with Gasteiger partial charge in [0.2, 0.25) is 0 Å². The third-order valence-corrected chi connectivity index (χ3v) is 4.41. The van der Waals surface area contributed by atoms with E-state index in [9.17, 15) is 0 Å². The lowest BCUT2D eigenvalue weighted by Gasteiger charge is -2.07. The molecule has 4 rings (SSSR count). The van der Waals surface area contributed by atoms with Gasteiger partial charge in [0.15, 0.2) is 5.65 Å². The van der Waals surface area contributed by atoms with Gasteiger partial charge < -0.3 is 5.32 Å². The van der Waals surface area contributed by atoms with Crippen molar-refractivity contribution >= 4 is 11.5 Å². The number of rotatable bonds is 3. The fourth-order valence-corrected chi connectivity index (χ4v) is 3.27. The molecule has 4 aromatic rings. The van der Waals surface area contributed by atoms with Crippen LogP contribution in [0.1, 0.15) is 17.0 Å². The average molecular weight is 353 g/mol. The van der Waals surface area contributed by atoms with E-state index in [1.165, 1.54) is 0 Å². The van der Waals surface area contributed by atoms with Gasteiger partial charge in [0, 0.05) is 35.8 Å². The summed E-state index contributed by atoms with van der Waals surface area (Å²) < 4.78 is 1.80. The maximum atomic E-state index is 5.59. The predicted molar refractivity (Wildman–Crippen MR) is 109 cm³/mol. The highest BCUT2D eigenvalue weighted by molar-refractivity contribution is 5.91. The van der Waals surface area contributed by atoms with E-state index in [1.54, 1.807) is 4.52 Å². The number of aromatic nitrogens is 4. The van der Waals surface area contributed by atoms with E-state index in [2.05, 4.69) is 28.4 Å². The quantitative estimate of drug-likeness (QED) is 0.564. The molecule has 0 unspecified atom stereocenters. The fourth-order valence-electron chi connectivity index (χ4n) is 3.27. The Morgan fingerprint density at radius 1 is 1.00 bits per heavy atom. The van der Waals surface area contributed by atoms with Crippen LogP contribution < -0.4 is 5.32 Å². The number of hydrogen-bond acceptors (Lipinski definition) is 4. The van der Waals surface area contributed by atoms with Gasteiger partial charge in [-0.15, -0.1) is 6.42 Å². The van der Waals surface area contributed by atoms with Crippen LogP contribution in [0.25, 0.3) is 28.0 Å². The number of nitrogens with zero attached hydrogens (tertiary/aromatic N) is 4. The largest absolute Gasteiger partial charge is 0.373 e. The second-order valence-corrected chi connectivity index (χ2v) is 6.42. The number of nitrogens with one attached hydrogen (secondary N) is 1. The molecule has 0 bridgehead atoms. The summed E-state index contributed by atoms with van der Waals surface area (Å²) in [5.41, 5.74) is 7.33. The Morgan fingerprint density at radius 2 is 1.78 bits per heavy atom. The number of pyridine rings is 1. The van der Waals surface area contributed by atoms with Gasteiger partial charge in [0.1, 0.15) is 11.5 Å². The van der Waals surface area contributed by atoms with Crippen LogP contribution in [-0.2, 0) is 0 Å². The zero-order valence-electron chi connectivity index (χ0n) is 15.5. The molecule has 0 aliphatic rings. The van der Waals surface area contributed by atoms with Crippen molar-refractivity contribution < 1.29 is 0 Å². The molecule has 0 fully saturated rings. The van der Waals surface area contributed by atoms with Crippen molar-refractivity contribution in [1.82, 2.24) is 19.6 Å². The van der Waals surface area contributed by atoms with Crippen LogP contribution in [-0.4, -0.2) is 26.6 Å². The van der Waals surface area contributed by atoms with Crippen LogP contribution in [0.2, 0.25) is 0 Å². The number of hydrogen-bond donors (Lipinski definition) is 1. The Labute approximate surface area is 158 Å². The lowest BCUT2D eigenvalue weighted by molar-refractivity contribution is 0.944. The second kappa shape index (κ2) is 6.58. The molecule has 0 amide bonds. The van der Waals surface area contributed by atoms with Gasteiger partial charge in [-0.05, 0) is 49.7 Å². The van der Waals surface area contributed by atoms with E-state index in [0.29, 0.717) is 0 Å². The van der Waals surface area contributed by atoms with E-state index in [0.717, 1.165) is 50.8 Å². The van der Waals surface area contributed by atoms with Crippen molar-refractivity contribution in [3.8, 4) is 34.7 Å². The second-order valence-electron chi connectivity index (χ2n) is 6.42. The minimum atomic E-state index is 0.785. The van der Waals surface area contributed by atoms with E-state index in [4.69, 9.17) is 16.5 Å². The van der Waals surface area contributed by atoms with E-state index < -0.39 is 0 Å². The van der Waals surface area contributed by atoms with E-state index >= 15 is 0 Å². The number of anilines is 1. The highest BCUT2D eigenvalue weighted by atomic mass is 15.3. The molecule has 5 nitrogen and oxygen atoms in total. The molecule has 132 valence electrons. The first-order valence-corrected chi connectivity index (χ1v) is 8.69. The maximum absolute atomic E-state index is 5.59. The molecule has 0 aliphatic carbocycles. The van der Waals surface area contributed by atoms with Gasteiger partial charge >= 0.3 is 0 Å². The molecular weight excluding hydrogens is 334 g/mol. The van der Waals surface area contributed by atoms with Crippen LogP contribution in [0.5, 0.6) is 0 Å². The summed E-state index contributed by atoms with van der Waals surface area (Å²) in [6.07, 6.45) is 7.50. The summed E-state index contributed by atoms with van der Waals surface area (Å²) in [6.45, 7) is 3.99. The molecule has 27 heavy (non-hydrogen) atoms. The zero-order chi connectivity index (χ0) is 19.0. The summed E-state index contributed by atoms with van der Waals surface area (Å²) in [7, 11) is 1.85. The highest BCUT2D eigenvalue weighted by Crippen LogP contribution is 2.35. The number of terminal acetylenes is 1. The van der Waals surface area contributed by atoms with Crippen molar-refractivity contribution in [2.45, 2.75) is 13.8 Å². The summed E-state index contributed by atoms with van der Waals surface area (Å²) in [6, 6.07) is 13.9. The van der Waals surface area contributed by atoms with E-state index in [-0.39, 0.29) is 0 Å². The summed E-state index contributed by atoms with van der Waals surface area (Å²) >= 11 is 0. The zero-order valence-corrected chi connectivity index (χ0v) is 15.5. The third-order valence-electron chi connectivity index (χ3n) is 4.41. The molecule has 3 heterocycles. The van der Waals surface area contributed by atoms with Crippen molar-refractivity contribution in [2.24, 2.45) is 0 Å². The maximum Gasteiger partial charge on any atom is 0.165 e. The number of aryl methyl sites for hydroxylation is 2. The Hall–Kier alpha value is -3.65. The molecule has 5 heteroatoms. The van der Waals surface area contributed by atoms with Gasteiger partial charge in [-0.25, -0.2) is 9.50 Å². The first-order chi connectivity index (χ1) is 13.1. The van der Waals surface area contributed by atoms with Gasteiger partial charge in [-0.3, -0.25) is 4.98 Å². The number of fused-ring (bicyclic) bond motifs is 1. The molecule has 1 aromatic carbocycles. The Kier molecular flexibility index (Phi) is 4.09. The molecule has 0 saturated carbocycles. The van der Waals surface area contributed by atoms with Gasteiger partial charge in [0.25, 0.3) is 0 Å². The van der Waals surface area contributed by atoms with Crippen molar-refractivity contribution in [1.29, 1.82) is 0 Å². The van der Waals surface area contributed by atoms with Crippen LogP contribution in [0.15, 0.2) is 48.7 Å². The first-order valence-electron chi connectivity index (χ1n) is 8.69. The van der Waals surface area contributed by atoms with E-state index in [1.807, 2.05) is 57.4 Å². The minimum absolute atomic E-state index is 0.785. The standard InChI is InChI=1S/C22H19N5/c1-5-16-7-6-8-17(13-16)21-20(18-11-14(2)24-15(3)12-18)22-25-19(23-4)9-10-27(22)26-21/h1,6-13H,2-4H3,(H,23,25). The molecular formula is C22H19N5. The average Bonchev–Trinajstić information content (AvgIpc) is 3.05. The van der Waals surface area contributed by atoms with Crippen molar-refractivity contribution in [3.63, 3.8) is 0 Å². The summed E-state index contributed by atoms with van der Waals surface area (Å²) in [5, 5.41) is 7.90. The first kappa shape index (κ1) is 16.8. The summed E-state index contributed by atoms with van der Waals surface area (Å²) in [4.78, 5) is 9.25. The van der Waals surface area contributed by atoms with Gasteiger partial charge in [-0.2, -0.15) is 5.10 Å². The normalized spacial score (nSPS) is 10.7. The van der Waals surface area contributed by atoms with Crippen LogP contribution in [0.4, 0.5) is 5.82 Å².